The number of halogens is 1. The Labute approximate surface area is 156 Å². The molecule has 1 amide bonds. The van der Waals surface area contributed by atoms with Crippen LogP contribution in [0.15, 0.2) is 18.3 Å². The summed E-state index contributed by atoms with van der Waals surface area (Å²) in [6.45, 7) is 2.83. The third-order valence-electron chi connectivity index (χ3n) is 3.90. The molecule has 0 radical (unpaired) electrons. The summed E-state index contributed by atoms with van der Waals surface area (Å²) >= 11 is 5.89. The third kappa shape index (κ3) is 5.10. The minimum Gasteiger partial charge on any atom is -0.507 e. The maximum absolute atomic E-state index is 12.4. The van der Waals surface area contributed by atoms with Crippen LogP contribution in [0.4, 0.5) is 0 Å². The monoisotopic (exact) mass is 382 g/mol. The van der Waals surface area contributed by atoms with E-state index in [-0.39, 0.29) is 33.6 Å². The van der Waals surface area contributed by atoms with Crippen LogP contribution in [0.1, 0.15) is 16.8 Å². The van der Waals surface area contributed by atoms with Crippen LogP contribution in [0.25, 0.3) is 11.3 Å². The Balaban J connectivity index is 1.98. The van der Waals surface area contributed by atoms with Crippen LogP contribution in [0.3, 0.4) is 0 Å². The summed E-state index contributed by atoms with van der Waals surface area (Å²) in [6.07, 6.45) is 2.17. The summed E-state index contributed by atoms with van der Waals surface area (Å²) in [4.78, 5) is 14.5. The lowest BCUT2D eigenvalue weighted by Gasteiger charge is -2.15. The lowest BCUT2D eigenvalue weighted by molar-refractivity contribution is 0.0952. The van der Waals surface area contributed by atoms with Gasteiger partial charge in [-0.15, -0.1) is 0 Å². The summed E-state index contributed by atoms with van der Waals surface area (Å²) in [7, 11) is 3.65. The fourth-order valence-electron chi connectivity index (χ4n) is 2.42. The first-order chi connectivity index (χ1) is 12.4. The molecule has 1 heterocycles. The molecule has 0 unspecified atom stereocenters. The number of phenolic OH excluding ortho intramolecular Hbond substituents is 2. The fraction of sp³-hybridized carbons (Fsp3) is 0.412. The number of aromatic hydroxyl groups is 2. The largest absolute Gasteiger partial charge is 0.507 e. The third-order valence-corrected chi connectivity index (χ3v) is 4.20. The van der Waals surface area contributed by atoms with E-state index in [0.29, 0.717) is 18.8 Å². The van der Waals surface area contributed by atoms with Crippen molar-refractivity contribution in [3.8, 4) is 22.8 Å². The van der Waals surface area contributed by atoms with E-state index in [0.717, 1.165) is 25.6 Å². The number of phenols is 2. The number of amides is 1. The van der Waals surface area contributed by atoms with Crippen LogP contribution < -0.4 is 5.32 Å². The molecular weight excluding hydrogens is 360 g/mol. The zero-order valence-corrected chi connectivity index (χ0v) is 15.5. The van der Waals surface area contributed by atoms with E-state index in [1.54, 1.807) is 7.11 Å². The Bertz CT molecular complexity index is 750. The molecule has 0 bridgehead atoms. The van der Waals surface area contributed by atoms with Gasteiger partial charge >= 0.3 is 0 Å². The van der Waals surface area contributed by atoms with E-state index in [9.17, 15) is 15.0 Å². The minimum atomic E-state index is -0.308. The number of aromatic nitrogens is 2. The number of carbonyl (C=O) groups excluding carboxylic acids is 1. The highest BCUT2D eigenvalue weighted by Crippen LogP contribution is 2.37. The van der Waals surface area contributed by atoms with E-state index in [2.05, 4.69) is 20.4 Å². The van der Waals surface area contributed by atoms with Crippen molar-refractivity contribution in [3.05, 3.63) is 28.9 Å². The Morgan fingerprint density at radius 2 is 2.12 bits per heavy atom. The number of likely N-dealkylation sites (N-methyl/N-ethyl adjacent to an activating group) is 1. The molecule has 0 aliphatic carbocycles. The van der Waals surface area contributed by atoms with E-state index >= 15 is 0 Å². The molecule has 1 aromatic heterocycles. The first-order valence-electron chi connectivity index (χ1n) is 8.15. The summed E-state index contributed by atoms with van der Waals surface area (Å²) in [6, 6.07) is 2.50. The van der Waals surface area contributed by atoms with E-state index in [1.807, 2.05) is 7.05 Å². The first kappa shape index (κ1) is 20.0. The maximum atomic E-state index is 12.4. The molecule has 4 N–H and O–H groups in total. The fourth-order valence-corrected chi connectivity index (χ4v) is 2.58. The lowest BCUT2D eigenvalue weighted by Crippen LogP contribution is -2.29. The molecule has 0 fully saturated rings. The summed E-state index contributed by atoms with van der Waals surface area (Å²) in [5.41, 5.74) is 0.906. The average molecular weight is 383 g/mol. The molecule has 0 atom stereocenters. The topological polar surface area (TPSA) is 111 Å². The summed E-state index contributed by atoms with van der Waals surface area (Å²) < 4.78 is 5.02. The molecule has 26 heavy (non-hydrogen) atoms. The van der Waals surface area contributed by atoms with Gasteiger partial charge in [0.1, 0.15) is 11.5 Å². The quantitative estimate of drug-likeness (QED) is 0.492. The molecule has 0 aliphatic heterocycles. The number of ether oxygens (including phenoxy) is 1. The second-order valence-electron chi connectivity index (χ2n) is 5.88. The van der Waals surface area contributed by atoms with Gasteiger partial charge in [-0.2, -0.15) is 5.10 Å². The Kier molecular flexibility index (Phi) is 7.26. The highest BCUT2D eigenvalue weighted by Gasteiger charge is 2.19. The number of H-pyrrole nitrogens is 1. The number of aromatic amines is 1. The van der Waals surface area contributed by atoms with Gasteiger partial charge in [-0.05, 0) is 26.1 Å². The van der Waals surface area contributed by atoms with Crippen molar-refractivity contribution < 1.29 is 19.7 Å². The van der Waals surface area contributed by atoms with Crippen LogP contribution in [0, 0.1) is 0 Å². The summed E-state index contributed by atoms with van der Waals surface area (Å²) in [5.74, 6) is -0.752. The zero-order valence-electron chi connectivity index (χ0n) is 14.8. The SMILES string of the molecule is COCCN(C)CCCNC(=O)c1cn[nH]c1-c1cc(Cl)c(O)cc1O. The molecule has 0 spiro atoms. The predicted molar refractivity (Wildman–Crippen MR) is 98.7 cm³/mol. The number of carbonyl (C=O) groups is 1. The summed E-state index contributed by atoms with van der Waals surface area (Å²) in [5, 5.41) is 29.0. The smallest absolute Gasteiger partial charge is 0.255 e. The Hall–Kier alpha value is -2.29. The van der Waals surface area contributed by atoms with Crippen LogP contribution in [-0.4, -0.2) is 71.6 Å². The average Bonchev–Trinajstić information content (AvgIpc) is 3.09. The molecule has 1 aromatic carbocycles. The van der Waals surface area contributed by atoms with Gasteiger partial charge in [0.2, 0.25) is 0 Å². The molecule has 2 rings (SSSR count). The first-order valence-corrected chi connectivity index (χ1v) is 8.52. The predicted octanol–water partition coefficient (Wildman–Crippen LogP) is 1.84. The van der Waals surface area contributed by atoms with Crippen LogP contribution in [0.5, 0.6) is 11.5 Å². The number of benzene rings is 1. The van der Waals surface area contributed by atoms with Crippen molar-refractivity contribution in [3.63, 3.8) is 0 Å². The van der Waals surface area contributed by atoms with Crippen molar-refractivity contribution in [1.82, 2.24) is 20.4 Å². The minimum absolute atomic E-state index is 0.0675. The van der Waals surface area contributed by atoms with Crippen molar-refractivity contribution in [2.45, 2.75) is 6.42 Å². The Morgan fingerprint density at radius 1 is 1.35 bits per heavy atom. The van der Waals surface area contributed by atoms with Crippen molar-refractivity contribution in [1.29, 1.82) is 0 Å². The van der Waals surface area contributed by atoms with E-state index in [1.165, 1.54) is 12.3 Å². The number of hydrogen-bond acceptors (Lipinski definition) is 6. The van der Waals surface area contributed by atoms with Crippen molar-refractivity contribution in [2.24, 2.45) is 0 Å². The maximum Gasteiger partial charge on any atom is 0.255 e. The van der Waals surface area contributed by atoms with E-state index in [4.69, 9.17) is 16.3 Å². The molecule has 0 saturated carbocycles. The molecule has 8 nitrogen and oxygen atoms in total. The van der Waals surface area contributed by atoms with E-state index < -0.39 is 0 Å². The number of nitrogens with one attached hydrogen (secondary N) is 2. The highest BCUT2D eigenvalue weighted by molar-refractivity contribution is 6.32. The highest BCUT2D eigenvalue weighted by atomic mass is 35.5. The number of methoxy groups -OCH3 is 1. The second kappa shape index (κ2) is 9.42. The van der Waals surface area contributed by atoms with Gasteiger partial charge < -0.3 is 25.2 Å². The van der Waals surface area contributed by atoms with Gasteiger partial charge in [-0.3, -0.25) is 9.89 Å². The number of hydrogen-bond donors (Lipinski definition) is 4. The van der Waals surface area contributed by atoms with Gasteiger partial charge in [0.25, 0.3) is 5.91 Å². The molecule has 142 valence electrons. The molecular formula is C17H23ClN4O4. The molecule has 0 saturated heterocycles. The zero-order chi connectivity index (χ0) is 19.1. The van der Waals surface area contributed by atoms with Gasteiger partial charge in [0.15, 0.2) is 0 Å². The van der Waals surface area contributed by atoms with Gasteiger partial charge in [-0.25, -0.2) is 0 Å². The van der Waals surface area contributed by atoms with Crippen LogP contribution >= 0.6 is 11.6 Å². The normalized spacial score (nSPS) is 11.1. The standard InChI is InChI=1S/C17H23ClN4O4/c1-22(6-7-26-2)5-3-4-19-17(25)12-10-20-21-16(12)11-8-13(18)15(24)9-14(11)23/h8-10,23-24H,3-7H2,1-2H3,(H,19,25)(H,20,21). The second-order valence-corrected chi connectivity index (χ2v) is 6.29. The lowest BCUT2D eigenvalue weighted by atomic mass is 10.1. The van der Waals surface area contributed by atoms with Crippen LogP contribution in [-0.2, 0) is 4.74 Å². The Morgan fingerprint density at radius 3 is 2.85 bits per heavy atom. The van der Waals surface area contributed by atoms with Gasteiger partial charge in [0, 0.05) is 31.8 Å². The molecule has 9 heteroatoms. The van der Waals surface area contributed by atoms with Crippen molar-refractivity contribution in [2.75, 3.05) is 40.4 Å². The van der Waals surface area contributed by atoms with Gasteiger partial charge in [0.05, 0.1) is 29.1 Å². The number of rotatable bonds is 9. The van der Waals surface area contributed by atoms with Crippen LogP contribution in [0.2, 0.25) is 5.02 Å². The molecule has 0 aliphatic rings. The van der Waals surface area contributed by atoms with Crippen molar-refractivity contribution >= 4 is 17.5 Å². The number of nitrogens with zero attached hydrogens (tertiary/aromatic N) is 2. The van der Waals surface area contributed by atoms with Gasteiger partial charge in [-0.1, -0.05) is 11.6 Å². The molecule has 2 aromatic rings.